The molecule has 2 aromatic heterocycles. The van der Waals surface area contributed by atoms with Crippen LogP contribution < -0.4 is 0 Å². The summed E-state index contributed by atoms with van der Waals surface area (Å²) < 4.78 is 1.93. The van der Waals surface area contributed by atoms with E-state index in [1.807, 2.05) is 23.6 Å². The molecule has 3 heterocycles. The van der Waals surface area contributed by atoms with Gasteiger partial charge in [0.2, 0.25) is 5.91 Å². The number of nitrogens with zero attached hydrogens (tertiary/aromatic N) is 3. The van der Waals surface area contributed by atoms with Crippen LogP contribution in [0.1, 0.15) is 32.5 Å². The summed E-state index contributed by atoms with van der Waals surface area (Å²) in [7, 11) is 1.98. The molecule has 0 radical (unpaired) electrons. The molecule has 0 aliphatic carbocycles. The first kappa shape index (κ1) is 17.7. The topological polar surface area (TPSA) is 38.1 Å². The highest BCUT2D eigenvalue weighted by atomic mass is 32.1. The predicted molar refractivity (Wildman–Crippen MR) is 110 cm³/mol. The van der Waals surface area contributed by atoms with E-state index in [1.165, 1.54) is 32.5 Å². The van der Waals surface area contributed by atoms with E-state index >= 15 is 0 Å². The summed E-state index contributed by atoms with van der Waals surface area (Å²) in [5.41, 5.74) is 5.86. The van der Waals surface area contributed by atoms with Gasteiger partial charge in [0.1, 0.15) is 0 Å². The molecule has 5 heteroatoms. The van der Waals surface area contributed by atoms with Crippen LogP contribution >= 0.6 is 11.3 Å². The van der Waals surface area contributed by atoms with E-state index in [-0.39, 0.29) is 11.8 Å². The van der Waals surface area contributed by atoms with Gasteiger partial charge in [-0.1, -0.05) is 30.8 Å². The minimum atomic E-state index is -0.00874. The van der Waals surface area contributed by atoms with Gasteiger partial charge in [-0.2, -0.15) is 5.10 Å². The second kappa shape index (κ2) is 6.82. The smallest absolute Gasteiger partial charge is 0.246 e. The summed E-state index contributed by atoms with van der Waals surface area (Å²) in [6.45, 7) is 9.16. The van der Waals surface area contributed by atoms with E-state index in [9.17, 15) is 4.79 Å². The zero-order chi connectivity index (χ0) is 19.1. The molecule has 0 saturated carbocycles. The van der Waals surface area contributed by atoms with Crippen molar-refractivity contribution in [3.8, 4) is 11.3 Å². The minimum absolute atomic E-state index is 0.00874. The number of amides is 1. The Morgan fingerprint density at radius 2 is 2.04 bits per heavy atom. The van der Waals surface area contributed by atoms with Gasteiger partial charge in [-0.15, -0.1) is 11.3 Å². The molecular weight excluding hydrogens is 354 g/mol. The largest absolute Gasteiger partial charge is 0.333 e. The molecule has 1 atom stereocenters. The first-order valence-corrected chi connectivity index (χ1v) is 9.90. The van der Waals surface area contributed by atoms with Crippen molar-refractivity contribution in [2.24, 2.45) is 7.05 Å². The maximum atomic E-state index is 12.4. The van der Waals surface area contributed by atoms with Crippen LogP contribution in [-0.2, 0) is 18.4 Å². The number of thiophene rings is 1. The molecule has 138 valence electrons. The molecule has 4 rings (SSSR count). The van der Waals surface area contributed by atoms with Crippen LogP contribution in [0.4, 0.5) is 0 Å². The average molecular weight is 378 g/mol. The van der Waals surface area contributed by atoms with Gasteiger partial charge in [-0.05, 0) is 43.2 Å². The second-order valence-electron chi connectivity index (χ2n) is 7.09. The number of benzene rings is 1. The lowest BCUT2D eigenvalue weighted by Crippen LogP contribution is -2.37. The SMILES string of the molecule is C=CC(=O)N1Cc2sc(C)cc2[C@@H](c2ccccc2-c2cc(C)nn2C)C1. The summed E-state index contributed by atoms with van der Waals surface area (Å²) in [6.07, 6.45) is 1.42. The number of aryl methyl sites for hydroxylation is 3. The van der Waals surface area contributed by atoms with Crippen molar-refractivity contribution in [2.45, 2.75) is 26.3 Å². The quantitative estimate of drug-likeness (QED) is 0.634. The molecule has 0 bridgehead atoms. The third-order valence-corrected chi connectivity index (χ3v) is 6.23. The van der Waals surface area contributed by atoms with Gasteiger partial charge in [0.05, 0.1) is 17.9 Å². The molecular formula is C22H23N3OS. The fraction of sp³-hybridized carbons (Fsp3) is 0.273. The average Bonchev–Trinajstić information content (AvgIpc) is 3.20. The third kappa shape index (κ3) is 3.12. The third-order valence-electron chi connectivity index (χ3n) is 5.18. The molecule has 1 aromatic carbocycles. The number of hydrogen-bond donors (Lipinski definition) is 0. The van der Waals surface area contributed by atoms with Crippen molar-refractivity contribution < 1.29 is 4.79 Å². The summed E-state index contributed by atoms with van der Waals surface area (Å²) in [6, 6.07) is 12.9. The molecule has 3 aromatic rings. The standard InChI is InChI=1S/C22H23N3OS/c1-5-22(26)25-12-19(18-11-15(3)27-21(18)13-25)16-8-6-7-9-17(16)20-10-14(2)23-24(20)4/h5-11,19H,1,12-13H2,2-4H3/t19-/m1/s1. The molecule has 27 heavy (non-hydrogen) atoms. The Hall–Kier alpha value is -2.66. The monoisotopic (exact) mass is 377 g/mol. The van der Waals surface area contributed by atoms with Gasteiger partial charge in [-0.25, -0.2) is 0 Å². The van der Waals surface area contributed by atoms with E-state index in [2.05, 4.69) is 55.0 Å². The Labute approximate surface area is 163 Å². The summed E-state index contributed by atoms with van der Waals surface area (Å²) >= 11 is 1.78. The molecule has 0 unspecified atom stereocenters. The maximum Gasteiger partial charge on any atom is 0.246 e. The van der Waals surface area contributed by atoms with E-state index in [0.29, 0.717) is 13.1 Å². The van der Waals surface area contributed by atoms with Crippen LogP contribution in [0.2, 0.25) is 0 Å². The second-order valence-corrected chi connectivity index (χ2v) is 8.43. The maximum absolute atomic E-state index is 12.4. The Morgan fingerprint density at radius 3 is 2.74 bits per heavy atom. The van der Waals surface area contributed by atoms with Crippen molar-refractivity contribution in [1.29, 1.82) is 0 Å². The number of carbonyl (C=O) groups is 1. The fourth-order valence-electron chi connectivity index (χ4n) is 4.02. The fourth-order valence-corrected chi connectivity index (χ4v) is 5.13. The van der Waals surface area contributed by atoms with Crippen LogP contribution in [0.5, 0.6) is 0 Å². The van der Waals surface area contributed by atoms with Gasteiger partial charge in [-0.3, -0.25) is 9.48 Å². The number of rotatable bonds is 3. The number of hydrogen-bond acceptors (Lipinski definition) is 3. The van der Waals surface area contributed by atoms with Crippen molar-refractivity contribution in [1.82, 2.24) is 14.7 Å². The lowest BCUT2D eigenvalue weighted by Gasteiger charge is -2.33. The molecule has 1 amide bonds. The summed E-state index contributed by atoms with van der Waals surface area (Å²) in [5, 5.41) is 4.52. The molecule has 0 saturated heterocycles. The highest BCUT2D eigenvalue weighted by Crippen LogP contribution is 2.41. The summed E-state index contributed by atoms with van der Waals surface area (Å²) in [4.78, 5) is 16.8. The predicted octanol–water partition coefficient (Wildman–Crippen LogP) is 4.43. The van der Waals surface area contributed by atoms with Gasteiger partial charge in [0, 0.05) is 34.8 Å². The highest BCUT2D eigenvalue weighted by Gasteiger charge is 2.31. The molecule has 0 spiro atoms. The minimum Gasteiger partial charge on any atom is -0.333 e. The Bertz CT molecular complexity index is 1030. The van der Waals surface area contributed by atoms with E-state index < -0.39 is 0 Å². The Morgan fingerprint density at radius 1 is 1.26 bits per heavy atom. The first-order chi connectivity index (χ1) is 13.0. The lowest BCUT2D eigenvalue weighted by molar-refractivity contribution is -0.127. The molecule has 0 fully saturated rings. The van der Waals surface area contributed by atoms with Gasteiger partial charge in [0.15, 0.2) is 0 Å². The van der Waals surface area contributed by atoms with Gasteiger partial charge < -0.3 is 4.90 Å². The number of carbonyl (C=O) groups excluding carboxylic acids is 1. The zero-order valence-corrected chi connectivity index (χ0v) is 16.7. The lowest BCUT2D eigenvalue weighted by atomic mass is 9.84. The molecule has 1 aliphatic heterocycles. The van der Waals surface area contributed by atoms with Crippen LogP contribution in [0.25, 0.3) is 11.3 Å². The van der Waals surface area contributed by atoms with E-state index in [0.717, 1.165) is 11.4 Å². The van der Waals surface area contributed by atoms with Crippen molar-refractivity contribution >= 4 is 17.2 Å². The highest BCUT2D eigenvalue weighted by molar-refractivity contribution is 7.12. The van der Waals surface area contributed by atoms with Crippen LogP contribution in [0.3, 0.4) is 0 Å². The van der Waals surface area contributed by atoms with Crippen molar-refractivity contribution in [3.05, 3.63) is 75.6 Å². The Kier molecular flexibility index (Phi) is 4.48. The zero-order valence-electron chi connectivity index (χ0n) is 15.9. The summed E-state index contributed by atoms with van der Waals surface area (Å²) in [5.74, 6) is 0.138. The van der Waals surface area contributed by atoms with Crippen molar-refractivity contribution in [2.75, 3.05) is 6.54 Å². The molecule has 4 nitrogen and oxygen atoms in total. The Balaban J connectivity index is 1.86. The number of aromatic nitrogens is 2. The van der Waals surface area contributed by atoms with E-state index in [4.69, 9.17) is 0 Å². The normalized spacial score (nSPS) is 16.3. The van der Waals surface area contributed by atoms with Gasteiger partial charge in [0.25, 0.3) is 0 Å². The molecule has 0 N–H and O–H groups in total. The van der Waals surface area contributed by atoms with E-state index in [1.54, 1.807) is 11.3 Å². The first-order valence-electron chi connectivity index (χ1n) is 9.08. The molecule has 1 aliphatic rings. The van der Waals surface area contributed by atoms with Crippen LogP contribution in [0.15, 0.2) is 49.1 Å². The van der Waals surface area contributed by atoms with Crippen LogP contribution in [0, 0.1) is 13.8 Å². The van der Waals surface area contributed by atoms with Crippen LogP contribution in [-0.4, -0.2) is 27.1 Å². The van der Waals surface area contributed by atoms with Gasteiger partial charge >= 0.3 is 0 Å². The number of fused-ring (bicyclic) bond motifs is 1. The van der Waals surface area contributed by atoms with Crippen molar-refractivity contribution in [3.63, 3.8) is 0 Å².